The Balaban J connectivity index is 1.05. The van der Waals surface area contributed by atoms with Crippen molar-refractivity contribution < 1.29 is 41.7 Å². The highest BCUT2D eigenvalue weighted by Crippen LogP contribution is 2.66. The van der Waals surface area contributed by atoms with Crippen molar-refractivity contribution in [3.63, 3.8) is 0 Å². The number of benzene rings is 2. The summed E-state index contributed by atoms with van der Waals surface area (Å²) in [5, 5.41) is 1.92. The number of ether oxygens (including phenoxy) is 5. The van der Waals surface area contributed by atoms with Crippen molar-refractivity contribution in [3.05, 3.63) is 59.2 Å². The summed E-state index contributed by atoms with van der Waals surface area (Å²) in [6.45, 7) is 4.51. The van der Waals surface area contributed by atoms with E-state index in [1.807, 2.05) is 5.32 Å². The minimum absolute atomic E-state index is 0.00232. The molecule has 2 aliphatic heterocycles. The summed E-state index contributed by atoms with van der Waals surface area (Å²) < 4.78 is 68.3. The fourth-order valence-corrected chi connectivity index (χ4v) is 9.93. The van der Waals surface area contributed by atoms with Crippen LogP contribution in [0, 0.1) is 17.3 Å². The molecule has 0 bridgehead atoms. The molecule has 4 fully saturated rings. The third-order valence-electron chi connectivity index (χ3n) is 12.4. The smallest absolute Gasteiger partial charge is 0.471 e. The van der Waals surface area contributed by atoms with Gasteiger partial charge in [0.2, 0.25) is 0 Å². The number of hydrogen-bond donors (Lipinski definition) is 1. The van der Waals surface area contributed by atoms with Gasteiger partial charge in [0, 0.05) is 19.6 Å². The summed E-state index contributed by atoms with van der Waals surface area (Å²) in [7, 11) is 0. The number of unbranched alkanes of at least 4 members (excludes halogenated alkanes) is 2. The highest BCUT2D eigenvalue weighted by atomic mass is 19.4. The second-order valence-electron chi connectivity index (χ2n) is 15.7. The van der Waals surface area contributed by atoms with E-state index in [9.17, 15) is 18.0 Å². The fourth-order valence-electron chi connectivity index (χ4n) is 9.93. The Labute approximate surface area is 300 Å². The molecule has 2 unspecified atom stereocenters. The highest BCUT2D eigenvalue weighted by molar-refractivity contribution is 5.81. The first kappa shape index (κ1) is 36.5. The van der Waals surface area contributed by atoms with Gasteiger partial charge in [-0.15, -0.1) is 0 Å². The molecule has 7 rings (SSSR count). The van der Waals surface area contributed by atoms with Crippen LogP contribution in [0.4, 0.5) is 13.2 Å². The van der Waals surface area contributed by atoms with Gasteiger partial charge in [-0.25, -0.2) is 0 Å². The zero-order chi connectivity index (χ0) is 35.4. The van der Waals surface area contributed by atoms with Crippen LogP contribution in [0.2, 0.25) is 0 Å². The molecule has 2 saturated carbocycles. The summed E-state index contributed by atoms with van der Waals surface area (Å²) in [6, 6.07) is 15.4. The maximum Gasteiger partial charge on any atom is 0.471 e. The van der Waals surface area contributed by atoms with Crippen LogP contribution in [0.15, 0.2) is 42.5 Å². The number of carbonyl (C=O) groups excluding carboxylic acids is 1. The highest BCUT2D eigenvalue weighted by Gasteiger charge is 2.59. The topological polar surface area (TPSA) is 75.3 Å². The Morgan fingerprint density at radius 3 is 2.35 bits per heavy atom. The van der Waals surface area contributed by atoms with Crippen LogP contribution in [0.25, 0.3) is 0 Å². The molecule has 280 valence electrons. The standard InChI is InChI=1S/C41H54F3NO6/c1-40-26-33(27-11-14-29(15-12-27)47-22-6-2-5-21-45-39(46)41(42,43)44)38-31-18-16-30(50-36-9-3-7-23-48-36)25-28(31)13-17-32(38)34(40)19-20-35(40)51-37-10-4-8-24-49-37/h11-12,14-16,18,25,32-38H,2-10,13,17,19-24,26H2,1H3,(H,45,46)/t32-,33+,34-,35-,36?,37?,38+,40-/m0/s1. The zero-order valence-electron chi connectivity index (χ0n) is 29.9. The van der Waals surface area contributed by atoms with Gasteiger partial charge in [0.25, 0.3) is 0 Å². The van der Waals surface area contributed by atoms with E-state index >= 15 is 0 Å². The van der Waals surface area contributed by atoms with Crippen molar-refractivity contribution >= 4 is 5.91 Å². The Bertz CT molecular complexity index is 1460. The third kappa shape index (κ3) is 8.38. The average Bonchev–Trinajstić information content (AvgIpc) is 3.46. The molecule has 1 amide bonds. The minimum atomic E-state index is -4.84. The van der Waals surface area contributed by atoms with Crippen LogP contribution in [0.5, 0.6) is 11.5 Å². The number of nitrogens with one attached hydrogen (secondary N) is 1. The van der Waals surface area contributed by atoms with E-state index < -0.39 is 12.1 Å². The van der Waals surface area contributed by atoms with Gasteiger partial charge in [-0.2, -0.15) is 13.2 Å². The van der Waals surface area contributed by atoms with Gasteiger partial charge in [-0.05, 0) is 154 Å². The second kappa shape index (κ2) is 16.0. The summed E-state index contributed by atoms with van der Waals surface area (Å²) >= 11 is 0. The maximum atomic E-state index is 12.4. The van der Waals surface area contributed by atoms with Gasteiger partial charge in [0.1, 0.15) is 11.5 Å². The molecule has 8 atom stereocenters. The number of hydrogen-bond acceptors (Lipinski definition) is 6. The molecule has 3 aliphatic carbocycles. The molecule has 10 heteroatoms. The molecule has 0 aromatic heterocycles. The van der Waals surface area contributed by atoms with E-state index in [0.29, 0.717) is 49.5 Å². The third-order valence-corrected chi connectivity index (χ3v) is 12.4. The van der Waals surface area contributed by atoms with Crippen molar-refractivity contribution in [1.29, 1.82) is 0 Å². The van der Waals surface area contributed by atoms with Crippen LogP contribution in [0.1, 0.15) is 119 Å². The normalized spacial score (nSPS) is 32.0. The van der Waals surface area contributed by atoms with Crippen molar-refractivity contribution in [2.75, 3.05) is 26.4 Å². The molecule has 51 heavy (non-hydrogen) atoms. The molecule has 0 radical (unpaired) electrons. The van der Waals surface area contributed by atoms with Gasteiger partial charge in [-0.1, -0.05) is 25.1 Å². The second-order valence-corrected chi connectivity index (χ2v) is 15.7. The molecule has 2 saturated heterocycles. The first-order valence-corrected chi connectivity index (χ1v) is 19.4. The van der Waals surface area contributed by atoms with Gasteiger partial charge >= 0.3 is 12.1 Å². The summed E-state index contributed by atoms with van der Waals surface area (Å²) in [4.78, 5) is 11.0. The van der Waals surface area contributed by atoms with Crippen molar-refractivity contribution in [2.24, 2.45) is 17.3 Å². The van der Waals surface area contributed by atoms with E-state index in [1.54, 1.807) is 0 Å². The zero-order valence-corrected chi connectivity index (χ0v) is 29.9. The molecule has 7 nitrogen and oxygen atoms in total. The van der Waals surface area contributed by atoms with Crippen molar-refractivity contribution in [2.45, 2.75) is 134 Å². The summed E-state index contributed by atoms with van der Waals surface area (Å²) in [6.07, 6.45) is 8.87. The van der Waals surface area contributed by atoms with E-state index in [-0.39, 0.29) is 30.6 Å². The number of halogens is 3. The Morgan fingerprint density at radius 2 is 1.63 bits per heavy atom. The molecule has 1 N–H and O–H groups in total. The van der Waals surface area contributed by atoms with Crippen LogP contribution >= 0.6 is 0 Å². The van der Waals surface area contributed by atoms with E-state index in [2.05, 4.69) is 49.4 Å². The van der Waals surface area contributed by atoms with Crippen molar-refractivity contribution in [3.8, 4) is 11.5 Å². The SMILES string of the molecule is C[C@]12C[C@H](c3ccc(OCCCCCNC(=O)C(F)(F)F)cc3)[C@@H]3c4ccc(OC5CCCCO5)cc4CC[C@H]3[C@@H]1CC[C@@H]2OC1CCCCO1. The largest absolute Gasteiger partial charge is 0.494 e. The lowest BCUT2D eigenvalue weighted by atomic mass is 9.51. The predicted octanol–water partition coefficient (Wildman–Crippen LogP) is 8.98. The molecule has 5 aliphatic rings. The number of amides is 1. The quantitative estimate of drug-likeness (QED) is 0.222. The number of fused-ring (bicyclic) bond motifs is 5. The maximum absolute atomic E-state index is 12.4. The Kier molecular flexibility index (Phi) is 11.5. The molecular weight excluding hydrogens is 659 g/mol. The molecule has 0 spiro atoms. The van der Waals surface area contributed by atoms with E-state index in [1.165, 1.54) is 23.1 Å². The Hall–Kier alpha value is -2.82. The first-order chi connectivity index (χ1) is 24.7. The summed E-state index contributed by atoms with van der Waals surface area (Å²) in [5.74, 6) is 1.69. The van der Waals surface area contributed by atoms with Crippen molar-refractivity contribution in [1.82, 2.24) is 5.32 Å². The lowest BCUT2D eigenvalue weighted by Crippen LogP contribution is -2.48. The van der Waals surface area contributed by atoms with E-state index in [0.717, 1.165) is 88.9 Å². The molecule has 2 heterocycles. The van der Waals surface area contributed by atoms with Gasteiger partial charge in [0.05, 0.1) is 19.3 Å². The molecule has 2 aromatic rings. The van der Waals surface area contributed by atoms with Crippen LogP contribution in [-0.2, 0) is 25.4 Å². The lowest BCUT2D eigenvalue weighted by molar-refractivity contribution is -0.213. The lowest BCUT2D eigenvalue weighted by Gasteiger charge is -2.54. The molecular formula is C41H54F3NO6. The van der Waals surface area contributed by atoms with Crippen LogP contribution < -0.4 is 14.8 Å². The van der Waals surface area contributed by atoms with Gasteiger partial charge in [0.15, 0.2) is 12.6 Å². The van der Waals surface area contributed by atoms with Crippen LogP contribution in [0.3, 0.4) is 0 Å². The number of alkyl halides is 3. The number of rotatable bonds is 12. The average molecular weight is 714 g/mol. The Morgan fingerprint density at radius 1 is 0.882 bits per heavy atom. The predicted molar refractivity (Wildman–Crippen MR) is 187 cm³/mol. The number of aryl methyl sites for hydroxylation is 1. The van der Waals surface area contributed by atoms with Gasteiger partial charge in [-0.3, -0.25) is 4.79 Å². The summed E-state index contributed by atoms with van der Waals surface area (Å²) in [5.41, 5.74) is 4.24. The van der Waals surface area contributed by atoms with Gasteiger partial charge < -0.3 is 29.0 Å². The first-order valence-electron chi connectivity index (χ1n) is 19.4. The monoisotopic (exact) mass is 713 g/mol. The van der Waals surface area contributed by atoms with Crippen LogP contribution in [-0.4, -0.2) is 57.1 Å². The number of carbonyl (C=O) groups is 1. The minimum Gasteiger partial charge on any atom is -0.494 e. The van der Waals surface area contributed by atoms with E-state index in [4.69, 9.17) is 23.7 Å². The molecule has 2 aromatic carbocycles. The fraction of sp³-hybridized carbons (Fsp3) is 0.683.